The molecule has 1 amide bonds. The van der Waals surface area contributed by atoms with Gasteiger partial charge in [0.1, 0.15) is 0 Å². The molecule has 168 valence electrons. The maximum atomic E-state index is 11.3. The molecule has 0 aliphatic carbocycles. The van der Waals surface area contributed by atoms with E-state index in [0.29, 0.717) is 6.04 Å². The molecule has 6 nitrogen and oxygen atoms in total. The third-order valence-corrected chi connectivity index (χ3v) is 6.13. The standard InChI is InChI=1S/C26H32N4O2/c1-20(32)27-23-9-10-26-22(17-23)7-8-24(28-26)18-29-14-15-30(25(19-29)12-16-31)13-11-21-5-3-2-4-6-21/h2-10,17,25,31H,11-16,18-19H2,1H3,(H,27,32). The smallest absolute Gasteiger partial charge is 0.221 e. The maximum absolute atomic E-state index is 11.3. The minimum atomic E-state index is -0.0747. The van der Waals surface area contributed by atoms with Crippen LogP contribution in [-0.4, -0.2) is 64.6 Å². The number of hydrogen-bond acceptors (Lipinski definition) is 5. The molecular formula is C26H32N4O2. The number of carbonyl (C=O) groups is 1. The van der Waals surface area contributed by atoms with Gasteiger partial charge in [-0.15, -0.1) is 0 Å². The van der Waals surface area contributed by atoms with Crippen molar-refractivity contribution in [3.63, 3.8) is 0 Å². The Bertz CT molecular complexity index is 1040. The van der Waals surface area contributed by atoms with Crippen LogP contribution in [0.4, 0.5) is 5.69 Å². The van der Waals surface area contributed by atoms with E-state index in [1.165, 1.54) is 12.5 Å². The van der Waals surface area contributed by atoms with Gasteiger partial charge in [0, 0.05) is 63.4 Å². The van der Waals surface area contributed by atoms with Crippen molar-refractivity contribution in [2.75, 3.05) is 38.1 Å². The van der Waals surface area contributed by atoms with E-state index in [4.69, 9.17) is 4.98 Å². The Morgan fingerprint density at radius 1 is 1.12 bits per heavy atom. The second kappa shape index (κ2) is 10.7. The molecule has 1 aliphatic heterocycles. The molecule has 0 spiro atoms. The minimum absolute atomic E-state index is 0.0747. The third-order valence-electron chi connectivity index (χ3n) is 6.13. The SMILES string of the molecule is CC(=O)Nc1ccc2nc(CN3CCN(CCc4ccccc4)C(CCO)C3)ccc2c1. The number of nitrogens with one attached hydrogen (secondary N) is 1. The van der Waals surface area contributed by atoms with Gasteiger partial charge in [-0.2, -0.15) is 0 Å². The normalized spacial score (nSPS) is 17.5. The highest BCUT2D eigenvalue weighted by atomic mass is 16.3. The Hall–Kier alpha value is -2.80. The summed E-state index contributed by atoms with van der Waals surface area (Å²) >= 11 is 0. The number of carbonyl (C=O) groups excluding carboxylic acids is 1. The van der Waals surface area contributed by atoms with Crippen molar-refractivity contribution in [1.29, 1.82) is 0 Å². The van der Waals surface area contributed by atoms with Gasteiger partial charge < -0.3 is 10.4 Å². The summed E-state index contributed by atoms with van der Waals surface area (Å²) in [7, 11) is 0. The Labute approximate surface area is 189 Å². The number of hydrogen-bond donors (Lipinski definition) is 2. The topological polar surface area (TPSA) is 68.7 Å². The Morgan fingerprint density at radius 3 is 2.75 bits per heavy atom. The number of rotatable bonds is 8. The third kappa shape index (κ3) is 5.91. The number of aromatic nitrogens is 1. The van der Waals surface area contributed by atoms with Crippen LogP contribution in [0.3, 0.4) is 0 Å². The molecular weight excluding hydrogens is 400 g/mol. The molecule has 0 saturated carbocycles. The second-order valence-electron chi connectivity index (χ2n) is 8.56. The number of aliphatic hydroxyl groups is 1. The van der Waals surface area contributed by atoms with Gasteiger partial charge in [-0.3, -0.25) is 19.6 Å². The zero-order chi connectivity index (χ0) is 22.3. The van der Waals surface area contributed by atoms with Crippen LogP contribution < -0.4 is 5.32 Å². The Balaban J connectivity index is 1.37. The van der Waals surface area contributed by atoms with Crippen LogP contribution in [0.2, 0.25) is 0 Å². The summed E-state index contributed by atoms with van der Waals surface area (Å²) in [5.41, 5.74) is 4.13. The molecule has 1 unspecified atom stereocenters. The average molecular weight is 433 g/mol. The van der Waals surface area contributed by atoms with Crippen LogP contribution >= 0.6 is 0 Å². The number of nitrogens with zero attached hydrogens (tertiary/aromatic N) is 3. The lowest BCUT2D eigenvalue weighted by molar-refractivity contribution is -0.114. The first-order valence-electron chi connectivity index (χ1n) is 11.4. The second-order valence-corrected chi connectivity index (χ2v) is 8.56. The molecule has 2 aromatic carbocycles. The van der Waals surface area contributed by atoms with Gasteiger partial charge in [0.15, 0.2) is 0 Å². The van der Waals surface area contributed by atoms with Gasteiger partial charge >= 0.3 is 0 Å². The van der Waals surface area contributed by atoms with E-state index in [1.807, 2.05) is 18.2 Å². The molecule has 0 bridgehead atoms. The lowest BCUT2D eigenvalue weighted by Crippen LogP contribution is -2.53. The monoisotopic (exact) mass is 432 g/mol. The number of piperazine rings is 1. The number of amides is 1. The number of aliphatic hydroxyl groups excluding tert-OH is 1. The van der Waals surface area contributed by atoms with Gasteiger partial charge in [-0.05, 0) is 42.7 Å². The first-order chi connectivity index (χ1) is 15.6. The van der Waals surface area contributed by atoms with Crippen LogP contribution in [0.1, 0.15) is 24.6 Å². The van der Waals surface area contributed by atoms with Crippen molar-refractivity contribution in [3.05, 3.63) is 71.9 Å². The Kier molecular flexibility index (Phi) is 7.47. The van der Waals surface area contributed by atoms with Crippen molar-refractivity contribution in [3.8, 4) is 0 Å². The summed E-state index contributed by atoms with van der Waals surface area (Å²) in [4.78, 5) is 21.1. The summed E-state index contributed by atoms with van der Waals surface area (Å²) < 4.78 is 0. The number of anilines is 1. The molecule has 4 rings (SSSR count). The summed E-state index contributed by atoms with van der Waals surface area (Å²) in [5, 5.41) is 13.4. The van der Waals surface area contributed by atoms with Crippen molar-refractivity contribution < 1.29 is 9.90 Å². The van der Waals surface area contributed by atoms with Crippen LogP contribution in [0.25, 0.3) is 10.9 Å². The van der Waals surface area contributed by atoms with Gasteiger partial charge in [-0.1, -0.05) is 36.4 Å². The summed E-state index contributed by atoms with van der Waals surface area (Å²) in [5.74, 6) is -0.0747. The molecule has 1 aliphatic rings. The summed E-state index contributed by atoms with van der Waals surface area (Å²) in [6, 6.07) is 20.9. The van der Waals surface area contributed by atoms with Crippen LogP contribution in [0.15, 0.2) is 60.7 Å². The molecule has 1 atom stereocenters. The van der Waals surface area contributed by atoms with Gasteiger partial charge in [0.05, 0.1) is 11.2 Å². The highest BCUT2D eigenvalue weighted by Gasteiger charge is 2.26. The first kappa shape index (κ1) is 22.4. The van der Waals surface area contributed by atoms with Gasteiger partial charge in [0.2, 0.25) is 5.91 Å². The largest absolute Gasteiger partial charge is 0.396 e. The molecule has 6 heteroatoms. The number of pyridine rings is 1. The average Bonchev–Trinajstić information content (AvgIpc) is 2.79. The molecule has 1 saturated heterocycles. The summed E-state index contributed by atoms with van der Waals surface area (Å²) in [6.07, 6.45) is 1.83. The predicted molar refractivity (Wildman–Crippen MR) is 129 cm³/mol. The van der Waals surface area contributed by atoms with E-state index in [-0.39, 0.29) is 12.5 Å². The zero-order valence-electron chi connectivity index (χ0n) is 18.7. The maximum Gasteiger partial charge on any atom is 0.221 e. The highest BCUT2D eigenvalue weighted by molar-refractivity contribution is 5.92. The predicted octanol–water partition coefficient (Wildman–Crippen LogP) is 3.30. The van der Waals surface area contributed by atoms with E-state index in [1.54, 1.807) is 0 Å². The first-order valence-corrected chi connectivity index (χ1v) is 11.4. The van der Waals surface area contributed by atoms with Crippen LogP contribution in [-0.2, 0) is 17.8 Å². The molecule has 2 N–H and O–H groups in total. The highest BCUT2D eigenvalue weighted by Crippen LogP contribution is 2.20. The molecule has 1 fully saturated rings. The summed E-state index contributed by atoms with van der Waals surface area (Å²) in [6.45, 7) is 6.49. The fourth-order valence-electron chi connectivity index (χ4n) is 4.50. The number of fused-ring (bicyclic) bond motifs is 1. The molecule has 1 aromatic heterocycles. The van der Waals surface area contributed by atoms with Crippen molar-refractivity contribution >= 4 is 22.5 Å². The van der Waals surface area contributed by atoms with E-state index < -0.39 is 0 Å². The molecule has 32 heavy (non-hydrogen) atoms. The van der Waals surface area contributed by atoms with E-state index in [9.17, 15) is 9.90 Å². The fraction of sp³-hybridized carbons (Fsp3) is 0.385. The van der Waals surface area contributed by atoms with Crippen molar-refractivity contribution in [2.24, 2.45) is 0 Å². The lowest BCUT2D eigenvalue weighted by atomic mass is 10.1. The Morgan fingerprint density at radius 2 is 1.97 bits per heavy atom. The van der Waals surface area contributed by atoms with Gasteiger partial charge in [-0.25, -0.2) is 0 Å². The molecule has 0 radical (unpaired) electrons. The molecule has 3 aromatic rings. The fourth-order valence-corrected chi connectivity index (χ4v) is 4.50. The zero-order valence-corrected chi connectivity index (χ0v) is 18.7. The number of benzene rings is 2. The van der Waals surface area contributed by atoms with Crippen molar-refractivity contribution in [2.45, 2.75) is 32.4 Å². The van der Waals surface area contributed by atoms with Crippen molar-refractivity contribution in [1.82, 2.24) is 14.8 Å². The van der Waals surface area contributed by atoms with Crippen LogP contribution in [0.5, 0.6) is 0 Å². The van der Waals surface area contributed by atoms with Crippen LogP contribution in [0, 0.1) is 0 Å². The van der Waals surface area contributed by atoms with E-state index in [2.05, 4.69) is 57.6 Å². The van der Waals surface area contributed by atoms with E-state index in [0.717, 1.165) is 67.8 Å². The quantitative estimate of drug-likeness (QED) is 0.572. The van der Waals surface area contributed by atoms with Gasteiger partial charge in [0.25, 0.3) is 0 Å². The molecule has 2 heterocycles. The van der Waals surface area contributed by atoms with E-state index >= 15 is 0 Å². The minimum Gasteiger partial charge on any atom is -0.396 e. The lowest BCUT2D eigenvalue weighted by Gasteiger charge is -2.41.